The highest BCUT2D eigenvalue weighted by Gasteiger charge is 2.44. The zero-order chi connectivity index (χ0) is 14.7. The third-order valence-electron chi connectivity index (χ3n) is 4.82. The van der Waals surface area contributed by atoms with E-state index in [1.165, 1.54) is 19.3 Å². The molecule has 0 bridgehead atoms. The van der Waals surface area contributed by atoms with Crippen molar-refractivity contribution in [1.82, 2.24) is 5.43 Å². The first kappa shape index (κ1) is 15.1. The zero-order valence-electron chi connectivity index (χ0n) is 12.2. The van der Waals surface area contributed by atoms with Crippen LogP contribution in [-0.2, 0) is 4.74 Å². The molecule has 2 atom stereocenters. The van der Waals surface area contributed by atoms with E-state index in [0.29, 0.717) is 17.5 Å². The highest BCUT2D eigenvalue weighted by Crippen LogP contribution is 2.44. The smallest absolute Gasteiger partial charge is 0.119 e. The molecule has 3 N–H and O–H groups in total. The van der Waals surface area contributed by atoms with Gasteiger partial charge in [0.2, 0.25) is 0 Å². The molecule has 2 unspecified atom stereocenters. The average Bonchev–Trinajstić information content (AvgIpc) is 2.48. The lowest BCUT2D eigenvalue weighted by Gasteiger charge is -2.48. The third kappa shape index (κ3) is 3.51. The Balaban J connectivity index is 1.55. The summed E-state index contributed by atoms with van der Waals surface area (Å²) in [6.45, 7) is 1.41. The summed E-state index contributed by atoms with van der Waals surface area (Å²) in [5.74, 6) is 7.08. The lowest BCUT2D eigenvalue weighted by Crippen LogP contribution is -2.53. The first-order valence-electron chi connectivity index (χ1n) is 7.69. The molecule has 1 saturated carbocycles. The molecule has 1 saturated heterocycles. The molecule has 0 amide bonds. The molecule has 1 spiro atoms. The van der Waals surface area contributed by atoms with E-state index in [-0.39, 0.29) is 11.6 Å². The van der Waals surface area contributed by atoms with Crippen LogP contribution in [-0.4, -0.2) is 24.9 Å². The SMILES string of the molecule is NNC(COc1ccc(Cl)cc1)C1CCOC2(CCC2)C1. The minimum atomic E-state index is 0.137. The van der Waals surface area contributed by atoms with E-state index in [9.17, 15) is 0 Å². The minimum absolute atomic E-state index is 0.137. The number of benzene rings is 1. The van der Waals surface area contributed by atoms with E-state index >= 15 is 0 Å². The van der Waals surface area contributed by atoms with Crippen molar-refractivity contribution in [1.29, 1.82) is 0 Å². The van der Waals surface area contributed by atoms with Crippen LogP contribution in [0, 0.1) is 5.92 Å². The molecule has 1 heterocycles. The fraction of sp³-hybridized carbons (Fsp3) is 0.625. The van der Waals surface area contributed by atoms with Gasteiger partial charge in [-0.05, 0) is 62.3 Å². The molecule has 5 heteroatoms. The van der Waals surface area contributed by atoms with Gasteiger partial charge in [-0.2, -0.15) is 0 Å². The normalized spacial score (nSPS) is 25.3. The van der Waals surface area contributed by atoms with Crippen LogP contribution in [0.3, 0.4) is 0 Å². The predicted octanol–water partition coefficient (Wildman–Crippen LogP) is 2.90. The van der Waals surface area contributed by atoms with Gasteiger partial charge in [0, 0.05) is 11.6 Å². The molecule has 1 aliphatic heterocycles. The second kappa shape index (κ2) is 6.53. The van der Waals surface area contributed by atoms with E-state index < -0.39 is 0 Å². The predicted molar refractivity (Wildman–Crippen MR) is 83.3 cm³/mol. The van der Waals surface area contributed by atoms with Crippen molar-refractivity contribution in [2.24, 2.45) is 11.8 Å². The van der Waals surface area contributed by atoms with Crippen LogP contribution in [0.5, 0.6) is 5.75 Å². The van der Waals surface area contributed by atoms with Gasteiger partial charge >= 0.3 is 0 Å². The topological polar surface area (TPSA) is 56.5 Å². The van der Waals surface area contributed by atoms with E-state index in [1.54, 1.807) is 0 Å². The lowest BCUT2D eigenvalue weighted by molar-refractivity contribution is -0.148. The van der Waals surface area contributed by atoms with Crippen molar-refractivity contribution in [3.8, 4) is 5.75 Å². The molecule has 21 heavy (non-hydrogen) atoms. The van der Waals surface area contributed by atoms with Crippen molar-refractivity contribution in [2.75, 3.05) is 13.2 Å². The maximum Gasteiger partial charge on any atom is 0.119 e. The largest absolute Gasteiger partial charge is 0.492 e. The minimum Gasteiger partial charge on any atom is -0.492 e. The van der Waals surface area contributed by atoms with Crippen LogP contribution in [0.2, 0.25) is 5.02 Å². The molecule has 4 nitrogen and oxygen atoms in total. The van der Waals surface area contributed by atoms with Gasteiger partial charge in [-0.3, -0.25) is 11.3 Å². The van der Waals surface area contributed by atoms with Gasteiger partial charge in [0.15, 0.2) is 0 Å². The van der Waals surface area contributed by atoms with Gasteiger partial charge in [0.05, 0.1) is 11.6 Å². The van der Waals surface area contributed by atoms with E-state index in [4.69, 9.17) is 26.9 Å². The summed E-state index contributed by atoms with van der Waals surface area (Å²) in [6.07, 6.45) is 5.80. The van der Waals surface area contributed by atoms with Gasteiger partial charge in [0.25, 0.3) is 0 Å². The maximum absolute atomic E-state index is 5.98. The second-order valence-electron chi connectivity index (χ2n) is 6.18. The van der Waals surface area contributed by atoms with E-state index in [0.717, 1.165) is 25.2 Å². The molecule has 2 fully saturated rings. The van der Waals surface area contributed by atoms with E-state index in [2.05, 4.69) is 5.43 Å². The summed E-state index contributed by atoms with van der Waals surface area (Å²) in [5.41, 5.74) is 3.07. The number of hydrazine groups is 1. The van der Waals surface area contributed by atoms with Crippen LogP contribution < -0.4 is 16.0 Å². The molecule has 1 aliphatic carbocycles. The number of nitrogens with two attached hydrogens (primary N) is 1. The number of halogens is 1. The zero-order valence-corrected chi connectivity index (χ0v) is 12.9. The highest BCUT2D eigenvalue weighted by atomic mass is 35.5. The molecule has 1 aromatic rings. The summed E-state index contributed by atoms with van der Waals surface area (Å²) in [6, 6.07) is 7.59. The molecular formula is C16H23ClN2O2. The van der Waals surface area contributed by atoms with Gasteiger partial charge in [-0.1, -0.05) is 11.6 Å². The number of hydrogen-bond donors (Lipinski definition) is 2. The molecule has 0 radical (unpaired) electrons. The van der Waals surface area contributed by atoms with Crippen molar-refractivity contribution >= 4 is 11.6 Å². The summed E-state index contributed by atoms with van der Waals surface area (Å²) in [4.78, 5) is 0. The number of rotatable bonds is 5. The summed E-state index contributed by atoms with van der Waals surface area (Å²) < 4.78 is 11.8. The van der Waals surface area contributed by atoms with Gasteiger partial charge in [0.1, 0.15) is 12.4 Å². The van der Waals surface area contributed by atoms with Gasteiger partial charge < -0.3 is 9.47 Å². The lowest BCUT2D eigenvalue weighted by atomic mass is 9.70. The molecule has 116 valence electrons. The molecule has 1 aromatic carbocycles. The van der Waals surface area contributed by atoms with Gasteiger partial charge in [-0.15, -0.1) is 0 Å². The average molecular weight is 311 g/mol. The molecule has 0 aromatic heterocycles. The highest BCUT2D eigenvalue weighted by molar-refractivity contribution is 6.30. The maximum atomic E-state index is 5.98. The number of ether oxygens (including phenoxy) is 2. The monoisotopic (exact) mass is 310 g/mol. The van der Waals surface area contributed by atoms with Gasteiger partial charge in [-0.25, -0.2) is 0 Å². The van der Waals surface area contributed by atoms with Crippen LogP contribution in [0.15, 0.2) is 24.3 Å². The fourth-order valence-corrected chi connectivity index (χ4v) is 3.49. The number of nitrogens with one attached hydrogen (secondary N) is 1. The summed E-state index contributed by atoms with van der Waals surface area (Å²) >= 11 is 5.88. The van der Waals surface area contributed by atoms with Crippen LogP contribution in [0.1, 0.15) is 32.1 Å². The van der Waals surface area contributed by atoms with Crippen molar-refractivity contribution in [3.05, 3.63) is 29.3 Å². The third-order valence-corrected chi connectivity index (χ3v) is 5.07. The Morgan fingerprint density at radius 3 is 2.76 bits per heavy atom. The Hall–Kier alpha value is -0.810. The number of hydrogen-bond acceptors (Lipinski definition) is 4. The second-order valence-corrected chi connectivity index (χ2v) is 6.61. The first-order chi connectivity index (χ1) is 10.2. The van der Waals surface area contributed by atoms with E-state index in [1.807, 2.05) is 24.3 Å². The Morgan fingerprint density at radius 1 is 1.38 bits per heavy atom. The summed E-state index contributed by atoms with van der Waals surface area (Å²) in [7, 11) is 0. The summed E-state index contributed by atoms with van der Waals surface area (Å²) in [5, 5.41) is 0.715. The quantitative estimate of drug-likeness (QED) is 0.648. The molecular weight excluding hydrogens is 288 g/mol. The Morgan fingerprint density at radius 2 is 2.14 bits per heavy atom. The van der Waals surface area contributed by atoms with Crippen LogP contribution >= 0.6 is 11.6 Å². The Kier molecular flexibility index (Phi) is 4.69. The first-order valence-corrected chi connectivity index (χ1v) is 8.07. The standard InChI is InChI=1S/C16H23ClN2O2/c17-13-2-4-14(5-3-13)20-11-15(19-18)12-6-9-21-16(10-12)7-1-8-16/h2-5,12,15,19H,1,6-11,18H2. The molecule has 2 aliphatic rings. The van der Waals surface area contributed by atoms with Crippen molar-refractivity contribution < 1.29 is 9.47 Å². The molecule has 3 rings (SSSR count). The van der Waals surface area contributed by atoms with Crippen molar-refractivity contribution in [2.45, 2.75) is 43.7 Å². The Labute approximate surface area is 130 Å². The van der Waals surface area contributed by atoms with Crippen LogP contribution in [0.25, 0.3) is 0 Å². The fourth-order valence-electron chi connectivity index (χ4n) is 3.37. The van der Waals surface area contributed by atoms with Crippen LogP contribution in [0.4, 0.5) is 0 Å². The Bertz CT molecular complexity index is 462. The van der Waals surface area contributed by atoms with Crippen molar-refractivity contribution in [3.63, 3.8) is 0 Å².